The van der Waals surface area contributed by atoms with Crippen LogP contribution in [-0.2, 0) is 86.6 Å². The van der Waals surface area contributed by atoms with Crippen LogP contribution in [0.1, 0.15) is 119 Å². The summed E-state index contributed by atoms with van der Waals surface area (Å²) in [4.78, 5) is 154. The maximum absolute atomic E-state index is 16.8. The molecule has 3 fully saturated rings. The number of aromatic nitrogens is 4. The lowest BCUT2D eigenvalue weighted by Crippen LogP contribution is -2.62. The van der Waals surface area contributed by atoms with Gasteiger partial charge in [0.15, 0.2) is 5.78 Å². The summed E-state index contributed by atoms with van der Waals surface area (Å²) < 4.78 is 200. The second-order valence-electron chi connectivity index (χ2n) is 29.4. The van der Waals surface area contributed by atoms with Crippen molar-refractivity contribution in [2.75, 3.05) is 58.8 Å². The molecule has 8 rings (SSSR count). The Bertz CT molecular complexity index is 4520. The lowest BCUT2D eigenvalue weighted by Gasteiger charge is -2.47. The van der Waals surface area contributed by atoms with Crippen molar-refractivity contribution in [2.24, 2.45) is 16.7 Å². The minimum atomic E-state index is -5.51. The number of hydrogen-bond donors (Lipinski definition) is 8. The minimum absolute atomic E-state index is 0.0900. The summed E-state index contributed by atoms with van der Waals surface area (Å²) in [6.45, 7) is 1.01. The van der Waals surface area contributed by atoms with Gasteiger partial charge in [0.05, 0.1) is 81.4 Å². The number of hydrazine groups is 1. The average molecular weight is 1670 g/mol. The summed E-state index contributed by atoms with van der Waals surface area (Å²) in [6.07, 6.45) is -17.4. The number of alkyl carbamates (subject to hydrolysis) is 2. The summed E-state index contributed by atoms with van der Waals surface area (Å²) in [6, 6.07) is 3.55. The number of rotatable bonds is 34. The van der Waals surface area contributed by atoms with Crippen molar-refractivity contribution in [3.8, 4) is 28.8 Å². The van der Waals surface area contributed by atoms with E-state index in [0.29, 0.717) is 108 Å². The Morgan fingerprint density at radius 2 is 1.33 bits per heavy atom. The number of esters is 1. The van der Waals surface area contributed by atoms with E-state index in [2.05, 4.69) is 46.2 Å². The number of ether oxygens (including phenoxy) is 6. The number of phosphoric ester groups is 1. The first kappa shape index (κ1) is 90.8. The highest BCUT2D eigenvalue weighted by Gasteiger charge is 2.58. The molecule has 0 spiro atoms. The highest BCUT2D eigenvalue weighted by Crippen LogP contribution is 2.47. The third-order valence-electron chi connectivity index (χ3n) is 19.8. The van der Waals surface area contributed by atoms with Crippen LogP contribution < -0.4 is 30.8 Å². The van der Waals surface area contributed by atoms with Gasteiger partial charge in [-0.1, -0.05) is 43.9 Å². The van der Waals surface area contributed by atoms with Gasteiger partial charge in [-0.05, 0) is 107 Å². The Kier molecular flexibility index (Phi) is 29.3. The summed E-state index contributed by atoms with van der Waals surface area (Å²) in [7, 11) is -4.07. The number of amides is 4. The summed E-state index contributed by atoms with van der Waals surface area (Å²) in [5, 5.41) is 28.5. The monoisotopic (exact) mass is 1670 g/mol. The van der Waals surface area contributed by atoms with Crippen LogP contribution in [0.15, 0.2) is 73.2 Å². The van der Waals surface area contributed by atoms with E-state index in [9.17, 15) is 71.7 Å². The van der Waals surface area contributed by atoms with Crippen molar-refractivity contribution in [3.63, 3.8) is 0 Å². The fraction of sp³-hybridized carbons (Fsp3) is 0.507. The number of fused-ring (bicyclic) bond motifs is 2. The number of nitrogens with one attached hydrogen (secondary N) is 4. The first-order valence-electron chi connectivity index (χ1n) is 35.5. The number of phosphoric acid groups is 1. The van der Waals surface area contributed by atoms with Gasteiger partial charge in [0, 0.05) is 90.3 Å². The molecule has 0 aliphatic carbocycles. The Hall–Kier alpha value is -10.7. The average Bonchev–Trinajstić information content (AvgIpc) is 1.34. The number of nitrogens with zero attached hydrogens (tertiary/aromatic N) is 7. The summed E-state index contributed by atoms with van der Waals surface area (Å²) in [5.74, 6) is -8.66. The zero-order valence-electron chi connectivity index (χ0n) is 63.6. The van der Waals surface area contributed by atoms with E-state index in [-0.39, 0.29) is 32.5 Å². The van der Waals surface area contributed by atoms with Gasteiger partial charge in [-0.15, -0.1) is 0 Å². The number of alkyl halides is 8. The van der Waals surface area contributed by atoms with Crippen molar-refractivity contribution in [2.45, 2.75) is 167 Å². The number of carbonyl (C=O) groups is 9. The number of piperazine rings is 1. The molecule has 43 heteroatoms. The van der Waals surface area contributed by atoms with E-state index >= 15 is 39.9 Å². The summed E-state index contributed by atoms with van der Waals surface area (Å²) in [5.41, 5.74) is -7.96. The highest BCUT2D eigenvalue weighted by atomic mass is 31.2. The van der Waals surface area contributed by atoms with Gasteiger partial charge < -0.3 is 64.0 Å². The molecule has 632 valence electrons. The Balaban J connectivity index is 1.19. The fourth-order valence-corrected chi connectivity index (χ4v) is 13.9. The number of carboxylic acid groups (broad SMARTS) is 2. The van der Waals surface area contributed by atoms with Crippen LogP contribution >= 0.6 is 7.82 Å². The molecule has 5 aromatic rings. The SMILES string of the molecule is COC(=O)N[C@H](C(=O)C[C@@H](Cc1ccc(C#Cc2cnc(N3CC4CCC(C3)N4C3COC3)nc2)cc1)[C@H](CN(Cc1c(F)cc(-c2ccn(C(F)F)n2)cc1F)NC(=O)[C@@H](NC(=O)OC)C(C)(C)C(F)(F)F)OC(=O)OCOC(=O)CC(C)(C)c1c(CC(=O)N[C@@H](CC(=O)O)C(=O)O)cc(C)cc1OP(=O)(O)O)C(C)(C)C(F)(F)F. The van der Waals surface area contributed by atoms with Crippen molar-refractivity contribution < 1.29 is 145 Å². The second kappa shape index (κ2) is 37.5. The quantitative estimate of drug-likeness (QED) is 0.00364. The Labute approximate surface area is 655 Å². The molecule has 2 unspecified atom stereocenters. The molecule has 5 heterocycles. The predicted octanol–water partition coefficient (Wildman–Crippen LogP) is 8.50. The molecule has 2 aromatic heterocycles. The molecule has 3 aromatic carbocycles. The van der Waals surface area contributed by atoms with Crippen LogP contribution in [0, 0.1) is 47.1 Å². The maximum atomic E-state index is 16.8. The molecule has 116 heavy (non-hydrogen) atoms. The Morgan fingerprint density at radius 1 is 0.750 bits per heavy atom. The lowest BCUT2D eigenvalue weighted by molar-refractivity contribution is -0.221. The molecule has 3 aliphatic heterocycles. The zero-order valence-corrected chi connectivity index (χ0v) is 64.5. The van der Waals surface area contributed by atoms with Gasteiger partial charge in [0.25, 0.3) is 5.91 Å². The molecule has 7 atom stereocenters. The number of aryl methyl sites for hydroxylation is 1. The maximum Gasteiger partial charge on any atom is 0.524 e. The number of anilines is 1. The summed E-state index contributed by atoms with van der Waals surface area (Å²) >= 11 is 0. The van der Waals surface area contributed by atoms with Crippen LogP contribution in [0.3, 0.4) is 0 Å². The van der Waals surface area contributed by atoms with Gasteiger partial charge >= 0.3 is 63.0 Å². The smallest absolute Gasteiger partial charge is 0.481 e. The van der Waals surface area contributed by atoms with Gasteiger partial charge in [0.1, 0.15) is 41.6 Å². The number of hydrogen-bond acceptors (Lipinski definition) is 23. The van der Waals surface area contributed by atoms with E-state index < -0.39 is 213 Å². The van der Waals surface area contributed by atoms with Crippen molar-refractivity contribution in [3.05, 3.63) is 124 Å². The molecule has 3 saturated heterocycles. The first-order valence-corrected chi connectivity index (χ1v) is 37.0. The largest absolute Gasteiger partial charge is 0.524 e. The van der Waals surface area contributed by atoms with Crippen molar-refractivity contribution in [1.29, 1.82) is 0 Å². The number of aliphatic carboxylic acids is 2. The van der Waals surface area contributed by atoms with Crippen LogP contribution in [0.25, 0.3) is 11.3 Å². The van der Waals surface area contributed by atoms with E-state index in [4.69, 9.17) is 23.5 Å². The van der Waals surface area contributed by atoms with Crippen molar-refractivity contribution >= 4 is 67.6 Å². The molecule has 4 amide bonds. The van der Waals surface area contributed by atoms with Crippen LogP contribution in [-0.4, -0.2) is 212 Å². The molecular formula is C73H84F10N11O21P. The molecule has 8 N–H and O–H groups in total. The van der Waals surface area contributed by atoms with E-state index in [1.807, 2.05) is 16.1 Å². The van der Waals surface area contributed by atoms with E-state index in [1.165, 1.54) is 63.5 Å². The van der Waals surface area contributed by atoms with Gasteiger partial charge in [-0.25, -0.2) is 52.2 Å². The molecular weight excluding hydrogens is 1590 g/mol. The standard InChI is InChI=1S/C73H84F10N11O21P/c1-38-20-44(26-56(96)86-52(63(101)102)27-57(97)98)59(54(21-38)115-116(106,107)108)69(2,3)28-58(99)112-37-113-68(105)114-55(34-92(90-62(100)61(88-67(104)110-9)71(6,7)73(81,82)83)33-48-49(74)23-42(24-50(48)75)51-18-19-93(89-51)64(76)77)43(25-53(95)60(87-66(103)109-8)70(4,5)72(78,79)80)22-40-13-10-39(11-14-40)12-15-41-29-84-65(85-30-41)91-31-45-16-17-46(32-91)94(45)47-35-111-36-47/h10-11,13-14,18-21,23-24,29-30,43,45-47,52,55,60-61,64H,16-17,22,25-28,31-37H2,1-9H3,(H,86,96)(H,87,103)(H,88,104)(H,90,100)(H,97,98)(H,101,102)(H2,106,107,108)/t43-,45?,46?,52+,55+,60-,61-/m1/s1. The Morgan fingerprint density at radius 3 is 1.85 bits per heavy atom. The molecule has 0 radical (unpaired) electrons. The van der Waals surface area contributed by atoms with Crippen LogP contribution in [0.5, 0.6) is 5.75 Å². The number of methoxy groups -OCH3 is 2. The highest BCUT2D eigenvalue weighted by molar-refractivity contribution is 7.46. The molecule has 2 bridgehead atoms. The third kappa shape index (κ3) is 23.5. The van der Waals surface area contributed by atoms with E-state index in [1.54, 1.807) is 5.32 Å². The number of benzene rings is 3. The van der Waals surface area contributed by atoms with Crippen LogP contribution in [0.4, 0.5) is 64.2 Å². The molecule has 0 saturated carbocycles. The first-order chi connectivity index (χ1) is 54.1. The number of carboxylic acids is 2. The minimum Gasteiger partial charge on any atom is -0.481 e. The van der Waals surface area contributed by atoms with Gasteiger partial charge in [-0.3, -0.25) is 44.1 Å². The number of halogens is 10. The predicted molar refractivity (Wildman–Crippen MR) is 382 cm³/mol. The molecule has 3 aliphatic rings. The van der Waals surface area contributed by atoms with Crippen LogP contribution in [0.2, 0.25) is 0 Å². The van der Waals surface area contributed by atoms with E-state index in [0.717, 1.165) is 38.3 Å². The topological polar surface area (TPSA) is 418 Å². The number of ketones is 1. The molecule has 32 nitrogen and oxygen atoms in total. The normalized spacial score (nSPS) is 16.8. The fourth-order valence-electron chi connectivity index (χ4n) is 13.5. The zero-order chi connectivity index (χ0) is 85.9. The number of carbonyl (C=O) groups excluding carboxylic acids is 7. The van der Waals surface area contributed by atoms with Gasteiger partial charge in [0.2, 0.25) is 18.6 Å². The lowest BCUT2D eigenvalue weighted by atomic mass is 9.77. The number of Topliss-reactive ketones (excluding diaryl/α,β-unsaturated/α-hetero) is 1. The second-order valence-corrected chi connectivity index (χ2v) is 30.6. The van der Waals surface area contributed by atoms with Gasteiger partial charge in [-0.2, -0.15) is 40.2 Å². The van der Waals surface area contributed by atoms with Crippen molar-refractivity contribution in [1.82, 2.24) is 51.0 Å². The third-order valence-corrected chi connectivity index (χ3v) is 20.2.